The second kappa shape index (κ2) is 4.52. The Balaban J connectivity index is 1.99. The van der Waals surface area contributed by atoms with Crippen LogP contribution in [0.15, 0.2) is 0 Å². The molecule has 3 heteroatoms. The van der Waals surface area contributed by atoms with Gasteiger partial charge in [-0.15, -0.1) is 0 Å². The lowest BCUT2D eigenvalue weighted by Crippen LogP contribution is -2.45. The number of nitrogens with zero attached hydrogens (tertiary/aromatic N) is 1. The van der Waals surface area contributed by atoms with E-state index in [-0.39, 0.29) is 5.92 Å². The van der Waals surface area contributed by atoms with Crippen LogP contribution in [0.4, 0.5) is 0 Å². The second-order valence-corrected chi connectivity index (χ2v) is 5.19. The lowest BCUT2D eigenvalue weighted by atomic mass is 9.95. The molecule has 3 nitrogen and oxygen atoms in total. The average molecular weight is 211 g/mol. The summed E-state index contributed by atoms with van der Waals surface area (Å²) in [6, 6.07) is 0.324. The van der Waals surface area contributed by atoms with E-state index < -0.39 is 5.97 Å². The third-order valence-electron chi connectivity index (χ3n) is 3.95. The van der Waals surface area contributed by atoms with Crippen LogP contribution in [0.3, 0.4) is 0 Å². The van der Waals surface area contributed by atoms with Crippen LogP contribution < -0.4 is 0 Å². The minimum Gasteiger partial charge on any atom is -0.481 e. The van der Waals surface area contributed by atoms with Gasteiger partial charge >= 0.3 is 5.97 Å². The molecule has 86 valence electrons. The van der Waals surface area contributed by atoms with Crippen LogP contribution in [0, 0.1) is 11.8 Å². The Bertz CT molecular complexity index is 242. The zero-order valence-electron chi connectivity index (χ0n) is 9.48. The summed E-state index contributed by atoms with van der Waals surface area (Å²) in [5.41, 5.74) is 0. The number of carboxylic acid groups (broad SMARTS) is 1. The predicted molar refractivity (Wildman–Crippen MR) is 58.7 cm³/mol. The van der Waals surface area contributed by atoms with Gasteiger partial charge in [0.15, 0.2) is 0 Å². The van der Waals surface area contributed by atoms with E-state index in [0.29, 0.717) is 6.04 Å². The van der Waals surface area contributed by atoms with Crippen molar-refractivity contribution in [2.75, 3.05) is 13.1 Å². The fourth-order valence-electron chi connectivity index (χ4n) is 3.19. The minimum absolute atomic E-state index is 0.102. The Hall–Kier alpha value is -0.570. The molecule has 1 aliphatic carbocycles. The summed E-state index contributed by atoms with van der Waals surface area (Å²) >= 11 is 0. The highest BCUT2D eigenvalue weighted by atomic mass is 16.4. The topological polar surface area (TPSA) is 40.5 Å². The Morgan fingerprint density at radius 1 is 1.27 bits per heavy atom. The Morgan fingerprint density at radius 2 is 2.07 bits per heavy atom. The van der Waals surface area contributed by atoms with Crippen LogP contribution in [0.2, 0.25) is 0 Å². The van der Waals surface area contributed by atoms with Crippen molar-refractivity contribution >= 4 is 5.97 Å². The fourth-order valence-corrected chi connectivity index (χ4v) is 3.19. The number of piperidine rings is 1. The summed E-state index contributed by atoms with van der Waals surface area (Å²) in [5, 5.41) is 9.15. The van der Waals surface area contributed by atoms with E-state index in [1.807, 2.05) is 0 Å². The summed E-state index contributed by atoms with van der Waals surface area (Å²) in [7, 11) is 0. The number of likely N-dealkylation sites (tertiary alicyclic amines) is 1. The molecule has 0 spiro atoms. The van der Waals surface area contributed by atoms with Crippen molar-refractivity contribution in [2.24, 2.45) is 11.8 Å². The van der Waals surface area contributed by atoms with Crippen molar-refractivity contribution in [3.8, 4) is 0 Å². The number of rotatable bonds is 2. The van der Waals surface area contributed by atoms with Crippen LogP contribution in [-0.2, 0) is 4.79 Å². The van der Waals surface area contributed by atoms with Gasteiger partial charge in [-0.25, -0.2) is 0 Å². The average Bonchev–Trinajstić information content (AvgIpc) is 2.65. The third-order valence-corrected chi connectivity index (χ3v) is 3.95. The standard InChI is InChI=1S/C12H21NO2/c1-9-4-3-7-13(8-9)11-6-2-5-10(11)12(14)15/h9-11H,2-8H2,1H3,(H,14,15). The second-order valence-electron chi connectivity index (χ2n) is 5.19. The van der Waals surface area contributed by atoms with Gasteiger partial charge in [0.25, 0.3) is 0 Å². The number of carboxylic acids is 1. The molecule has 0 aromatic carbocycles. The first-order chi connectivity index (χ1) is 7.18. The maximum absolute atomic E-state index is 11.1. The van der Waals surface area contributed by atoms with E-state index in [4.69, 9.17) is 5.11 Å². The van der Waals surface area contributed by atoms with Gasteiger partial charge in [0, 0.05) is 12.6 Å². The third kappa shape index (κ3) is 2.33. The molecule has 1 N–H and O–H groups in total. The molecule has 0 bridgehead atoms. The molecule has 1 aliphatic heterocycles. The highest BCUT2D eigenvalue weighted by Crippen LogP contribution is 2.32. The zero-order valence-corrected chi connectivity index (χ0v) is 9.48. The highest BCUT2D eigenvalue weighted by Gasteiger charge is 2.37. The first-order valence-corrected chi connectivity index (χ1v) is 6.15. The highest BCUT2D eigenvalue weighted by molar-refractivity contribution is 5.71. The summed E-state index contributed by atoms with van der Waals surface area (Å²) < 4.78 is 0. The van der Waals surface area contributed by atoms with E-state index in [0.717, 1.165) is 38.3 Å². The summed E-state index contributed by atoms with van der Waals surface area (Å²) in [6.45, 7) is 4.49. The van der Waals surface area contributed by atoms with E-state index >= 15 is 0 Å². The van der Waals surface area contributed by atoms with Gasteiger partial charge < -0.3 is 5.11 Å². The number of aliphatic carboxylic acids is 1. The smallest absolute Gasteiger partial charge is 0.308 e. The van der Waals surface area contributed by atoms with Crippen molar-refractivity contribution in [2.45, 2.75) is 45.1 Å². The predicted octanol–water partition coefficient (Wildman–Crippen LogP) is 1.97. The van der Waals surface area contributed by atoms with Crippen LogP contribution in [0.25, 0.3) is 0 Å². The van der Waals surface area contributed by atoms with Crippen molar-refractivity contribution < 1.29 is 9.90 Å². The molecule has 15 heavy (non-hydrogen) atoms. The van der Waals surface area contributed by atoms with Crippen molar-refractivity contribution in [3.05, 3.63) is 0 Å². The minimum atomic E-state index is -0.587. The molecular weight excluding hydrogens is 190 g/mol. The maximum atomic E-state index is 11.1. The maximum Gasteiger partial charge on any atom is 0.308 e. The molecule has 2 fully saturated rings. The molecule has 3 unspecified atom stereocenters. The van der Waals surface area contributed by atoms with Gasteiger partial charge in [-0.2, -0.15) is 0 Å². The molecule has 0 aromatic heterocycles. The monoisotopic (exact) mass is 211 g/mol. The van der Waals surface area contributed by atoms with Crippen molar-refractivity contribution in [1.82, 2.24) is 4.90 Å². The molecule has 1 saturated heterocycles. The lowest BCUT2D eigenvalue weighted by molar-refractivity contribution is -0.143. The van der Waals surface area contributed by atoms with Crippen molar-refractivity contribution in [1.29, 1.82) is 0 Å². The van der Waals surface area contributed by atoms with Crippen LogP contribution in [-0.4, -0.2) is 35.1 Å². The van der Waals surface area contributed by atoms with E-state index in [1.54, 1.807) is 0 Å². The first kappa shape index (κ1) is 10.9. The zero-order chi connectivity index (χ0) is 10.8. The summed E-state index contributed by atoms with van der Waals surface area (Å²) in [6.07, 6.45) is 5.60. The Kier molecular flexibility index (Phi) is 3.29. The fraction of sp³-hybridized carbons (Fsp3) is 0.917. The molecular formula is C12H21NO2. The van der Waals surface area contributed by atoms with E-state index in [9.17, 15) is 4.79 Å². The molecule has 0 aromatic rings. The molecule has 2 aliphatic rings. The largest absolute Gasteiger partial charge is 0.481 e. The molecule has 1 saturated carbocycles. The van der Waals surface area contributed by atoms with Gasteiger partial charge in [0.05, 0.1) is 5.92 Å². The van der Waals surface area contributed by atoms with Crippen molar-refractivity contribution in [3.63, 3.8) is 0 Å². The number of carbonyl (C=O) groups is 1. The number of hydrogen-bond acceptors (Lipinski definition) is 2. The van der Waals surface area contributed by atoms with E-state index in [1.165, 1.54) is 12.8 Å². The molecule has 1 heterocycles. The quantitative estimate of drug-likeness (QED) is 0.759. The number of hydrogen-bond donors (Lipinski definition) is 1. The van der Waals surface area contributed by atoms with Gasteiger partial charge in [-0.05, 0) is 38.1 Å². The van der Waals surface area contributed by atoms with Crippen LogP contribution >= 0.6 is 0 Å². The van der Waals surface area contributed by atoms with Gasteiger partial charge in [0.1, 0.15) is 0 Å². The Morgan fingerprint density at radius 3 is 2.73 bits per heavy atom. The van der Waals surface area contributed by atoms with E-state index in [2.05, 4.69) is 11.8 Å². The summed E-state index contributed by atoms with van der Waals surface area (Å²) in [5.74, 6) is 0.0554. The first-order valence-electron chi connectivity index (χ1n) is 6.15. The molecule has 0 radical (unpaired) electrons. The molecule has 0 amide bonds. The summed E-state index contributed by atoms with van der Waals surface area (Å²) in [4.78, 5) is 13.5. The van der Waals surface area contributed by atoms with Gasteiger partial charge in [-0.3, -0.25) is 9.69 Å². The lowest BCUT2D eigenvalue weighted by Gasteiger charge is -2.37. The van der Waals surface area contributed by atoms with Gasteiger partial charge in [-0.1, -0.05) is 13.3 Å². The Labute approximate surface area is 91.5 Å². The SMILES string of the molecule is CC1CCCN(C2CCCC2C(=O)O)C1. The van der Waals surface area contributed by atoms with Crippen LogP contribution in [0.1, 0.15) is 39.0 Å². The van der Waals surface area contributed by atoms with Crippen LogP contribution in [0.5, 0.6) is 0 Å². The molecule has 3 atom stereocenters. The normalized spacial score (nSPS) is 38.1. The van der Waals surface area contributed by atoms with Gasteiger partial charge in [0.2, 0.25) is 0 Å². The molecule has 2 rings (SSSR count).